The minimum atomic E-state index is -2.87. The molecule has 1 N–H and O–H groups in total. The van der Waals surface area contributed by atoms with Gasteiger partial charge in [0, 0.05) is 42.0 Å². The molecule has 7 nitrogen and oxygen atoms in total. The zero-order valence-electron chi connectivity index (χ0n) is 33.5. The van der Waals surface area contributed by atoms with Crippen molar-refractivity contribution >= 4 is 21.6 Å². The van der Waals surface area contributed by atoms with Crippen molar-refractivity contribution < 1.29 is 22.7 Å². The number of allylic oxidation sites excluding steroid dienone is 1. The summed E-state index contributed by atoms with van der Waals surface area (Å²) >= 11 is 0. The van der Waals surface area contributed by atoms with Crippen molar-refractivity contribution in [2.24, 2.45) is 56.7 Å². The molecule has 7 rings (SSSR count). The van der Waals surface area contributed by atoms with Crippen LogP contribution in [-0.2, 0) is 24.2 Å². The summed E-state index contributed by atoms with van der Waals surface area (Å²) in [4.78, 5) is 27.8. The number of nitrogens with one attached hydrogen (secondary N) is 1. The van der Waals surface area contributed by atoms with E-state index in [1.807, 2.05) is 13.8 Å². The molecule has 2 saturated heterocycles. The van der Waals surface area contributed by atoms with Gasteiger partial charge in [-0.3, -0.25) is 14.5 Å². The van der Waals surface area contributed by atoms with Crippen molar-refractivity contribution in [2.75, 3.05) is 25.4 Å². The number of esters is 1. The second-order valence-electron chi connectivity index (χ2n) is 21.1. The molecule has 2 aliphatic heterocycles. The van der Waals surface area contributed by atoms with E-state index in [0.29, 0.717) is 35.3 Å². The van der Waals surface area contributed by atoms with Crippen LogP contribution in [0.4, 0.5) is 0 Å². The molecular formula is C43H70N2O5S. The maximum absolute atomic E-state index is 13.2. The maximum Gasteiger partial charge on any atom is 0.307 e. The average Bonchev–Trinajstić information content (AvgIpc) is 3.69. The van der Waals surface area contributed by atoms with E-state index in [-0.39, 0.29) is 62.8 Å². The Morgan fingerprint density at radius 2 is 1.63 bits per heavy atom. The Morgan fingerprint density at radius 1 is 0.902 bits per heavy atom. The van der Waals surface area contributed by atoms with E-state index in [9.17, 15) is 18.0 Å². The van der Waals surface area contributed by atoms with Crippen molar-refractivity contribution in [3.05, 3.63) is 12.2 Å². The molecule has 0 amide bonds. The molecule has 8 heteroatoms. The molecule has 2 heterocycles. The van der Waals surface area contributed by atoms with E-state index < -0.39 is 15.3 Å². The zero-order valence-corrected chi connectivity index (χ0v) is 34.4. The molecule has 5 saturated carbocycles. The van der Waals surface area contributed by atoms with Crippen molar-refractivity contribution in [1.82, 2.24) is 10.2 Å². The maximum atomic E-state index is 13.2. The summed E-state index contributed by atoms with van der Waals surface area (Å²) in [6.07, 6.45) is 12.8. The van der Waals surface area contributed by atoms with Crippen LogP contribution < -0.4 is 5.32 Å². The Morgan fingerprint density at radius 3 is 2.25 bits per heavy atom. The fraction of sp³-hybridized carbons (Fsp3) is 0.907. The summed E-state index contributed by atoms with van der Waals surface area (Å²) in [6.45, 7) is 27.5. The van der Waals surface area contributed by atoms with Crippen LogP contribution >= 0.6 is 0 Å². The third-order valence-corrected chi connectivity index (χ3v) is 20.3. The van der Waals surface area contributed by atoms with Crippen LogP contribution in [0.15, 0.2) is 12.2 Å². The van der Waals surface area contributed by atoms with Gasteiger partial charge in [0.1, 0.15) is 11.9 Å². The summed E-state index contributed by atoms with van der Waals surface area (Å²) in [5, 5.41) is 4.09. The molecule has 2 bridgehead atoms. The lowest BCUT2D eigenvalue weighted by molar-refractivity contribution is -0.246. The molecule has 288 valence electrons. The first-order valence-corrected chi connectivity index (χ1v) is 22.4. The lowest BCUT2D eigenvalue weighted by Crippen LogP contribution is -2.69. The van der Waals surface area contributed by atoms with E-state index in [1.54, 1.807) is 6.92 Å². The summed E-state index contributed by atoms with van der Waals surface area (Å²) in [6, 6.07) is 0.217. The van der Waals surface area contributed by atoms with Crippen molar-refractivity contribution in [2.45, 2.75) is 162 Å². The summed E-state index contributed by atoms with van der Waals surface area (Å²) in [7, 11) is -2.87. The summed E-state index contributed by atoms with van der Waals surface area (Å²) < 4.78 is 31.1. The molecule has 7 fully saturated rings. The van der Waals surface area contributed by atoms with Gasteiger partial charge in [-0.25, -0.2) is 8.42 Å². The van der Waals surface area contributed by atoms with Gasteiger partial charge in [0.25, 0.3) is 0 Å². The molecule has 0 aromatic rings. The fourth-order valence-corrected chi connectivity index (χ4v) is 16.9. The van der Waals surface area contributed by atoms with Crippen LogP contribution in [0.25, 0.3) is 0 Å². The van der Waals surface area contributed by atoms with Gasteiger partial charge in [0.15, 0.2) is 9.84 Å². The van der Waals surface area contributed by atoms with E-state index in [0.717, 1.165) is 38.9 Å². The van der Waals surface area contributed by atoms with Crippen LogP contribution in [0.3, 0.4) is 0 Å². The lowest BCUT2D eigenvalue weighted by atomic mass is 9.32. The van der Waals surface area contributed by atoms with Crippen molar-refractivity contribution in [1.29, 1.82) is 0 Å². The predicted octanol–water partition coefficient (Wildman–Crippen LogP) is 7.77. The number of hydrogen-bond acceptors (Lipinski definition) is 7. The number of carbonyl (C=O) groups excluding carboxylic acids is 2. The monoisotopic (exact) mass is 727 g/mol. The SMILES string of the molecule is C=C(C)[C@@H]1CC[C@]2(NCCN3C[C@@H]4C[C@H]3CS4(=O)=O)CC[C@]3(C)[C@H](CC[C@@H]4[C@@]5(C)CC[C@H](OC(=O)CC(C)(C)C(C)=O)C(C)(C)[C@@H]5CC[C@]43C)[C@@H]12. The van der Waals surface area contributed by atoms with Gasteiger partial charge in [-0.2, -0.15) is 0 Å². The number of sulfone groups is 1. The minimum Gasteiger partial charge on any atom is -0.462 e. The molecule has 12 atom stereocenters. The highest BCUT2D eigenvalue weighted by molar-refractivity contribution is 7.92. The third kappa shape index (κ3) is 5.70. The van der Waals surface area contributed by atoms with Gasteiger partial charge in [-0.15, -0.1) is 0 Å². The van der Waals surface area contributed by atoms with Gasteiger partial charge >= 0.3 is 5.97 Å². The van der Waals surface area contributed by atoms with Gasteiger partial charge in [0.05, 0.1) is 17.4 Å². The molecule has 5 aliphatic carbocycles. The largest absolute Gasteiger partial charge is 0.462 e. The van der Waals surface area contributed by atoms with E-state index in [4.69, 9.17) is 4.74 Å². The number of hydrogen-bond donors (Lipinski definition) is 1. The first-order valence-electron chi connectivity index (χ1n) is 20.7. The second kappa shape index (κ2) is 12.4. The molecular weight excluding hydrogens is 657 g/mol. The van der Waals surface area contributed by atoms with Crippen LogP contribution in [0, 0.1) is 56.7 Å². The molecule has 0 unspecified atom stereocenters. The lowest BCUT2D eigenvalue weighted by Gasteiger charge is -2.73. The quantitative estimate of drug-likeness (QED) is 0.192. The van der Waals surface area contributed by atoms with Crippen LogP contribution in [0.1, 0.15) is 139 Å². The fourth-order valence-electron chi connectivity index (χ4n) is 14.8. The van der Waals surface area contributed by atoms with Gasteiger partial charge < -0.3 is 10.1 Å². The number of rotatable bonds is 9. The number of carbonyl (C=O) groups is 2. The predicted molar refractivity (Wildman–Crippen MR) is 204 cm³/mol. The first-order chi connectivity index (χ1) is 23.6. The number of Topliss-reactive ketones (excluding diaryl/α,β-unsaturated/α-hetero) is 1. The highest BCUT2D eigenvalue weighted by Crippen LogP contribution is 2.76. The van der Waals surface area contributed by atoms with Crippen LogP contribution in [0.2, 0.25) is 0 Å². The Balaban J connectivity index is 1.09. The Labute approximate surface area is 310 Å². The Bertz CT molecular complexity index is 1550. The van der Waals surface area contributed by atoms with Crippen LogP contribution in [-0.4, -0.2) is 73.4 Å². The average molecular weight is 727 g/mol. The standard InChI is InChI=1S/C43H70N2O5S/c1-27(2)31-13-18-43(44-21-22-45-25-30-23-29(45)26-51(30,48)49)20-19-41(9)32(37(31)43)11-12-34-40(8)16-15-35(50-36(47)24-38(4,5)28(3)46)39(6,7)33(40)14-17-42(34,41)10/h29-35,37,44H,1,11-26H2,2-10H3/t29-,30-,31-,32+,33-,34+,35-,37+,40-,41+,42+,43-/m0/s1. The molecule has 0 aromatic heterocycles. The highest BCUT2D eigenvalue weighted by atomic mass is 32.2. The Kier molecular flexibility index (Phi) is 9.24. The number of likely N-dealkylation sites (tertiary alicyclic amines) is 1. The number of nitrogens with zero attached hydrogens (tertiary/aromatic N) is 1. The minimum absolute atomic E-state index is 0.0294. The second-order valence-corrected chi connectivity index (χ2v) is 23.4. The molecule has 0 spiro atoms. The Hall–Kier alpha value is -1.25. The zero-order chi connectivity index (χ0) is 37.2. The van der Waals surface area contributed by atoms with Crippen molar-refractivity contribution in [3.8, 4) is 0 Å². The third-order valence-electron chi connectivity index (χ3n) is 18.1. The molecule has 0 radical (unpaired) electrons. The molecule has 51 heavy (non-hydrogen) atoms. The first kappa shape index (κ1) is 38.0. The molecule has 0 aromatic carbocycles. The number of ketones is 1. The summed E-state index contributed by atoms with van der Waals surface area (Å²) in [5.74, 6) is 3.10. The molecule has 7 aliphatic rings. The van der Waals surface area contributed by atoms with Gasteiger partial charge in [-0.05, 0) is 130 Å². The van der Waals surface area contributed by atoms with E-state index >= 15 is 0 Å². The normalized spacial score (nSPS) is 46.8. The van der Waals surface area contributed by atoms with Crippen molar-refractivity contribution in [3.63, 3.8) is 0 Å². The van der Waals surface area contributed by atoms with Gasteiger partial charge in [-0.1, -0.05) is 60.6 Å². The number of fused-ring (bicyclic) bond motifs is 9. The topological polar surface area (TPSA) is 92.8 Å². The highest BCUT2D eigenvalue weighted by Gasteiger charge is 2.71. The summed E-state index contributed by atoms with van der Waals surface area (Å²) in [5.41, 5.74) is 1.39. The smallest absolute Gasteiger partial charge is 0.307 e. The van der Waals surface area contributed by atoms with Crippen LogP contribution in [0.5, 0.6) is 0 Å². The van der Waals surface area contributed by atoms with Gasteiger partial charge in [0.2, 0.25) is 0 Å². The number of ether oxygens (including phenoxy) is 1. The van der Waals surface area contributed by atoms with E-state index in [1.165, 1.54) is 56.9 Å². The van der Waals surface area contributed by atoms with E-state index in [2.05, 4.69) is 58.3 Å².